The number of rotatable bonds is 6. The van der Waals surface area contributed by atoms with E-state index in [1.165, 1.54) is 17.7 Å². The van der Waals surface area contributed by atoms with Crippen molar-refractivity contribution >= 4 is 11.8 Å². The highest BCUT2D eigenvalue weighted by molar-refractivity contribution is 8.00. The molecule has 0 bridgehead atoms. The van der Waals surface area contributed by atoms with Crippen LogP contribution in [0.15, 0.2) is 16.7 Å². The van der Waals surface area contributed by atoms with E-state index in [4.69, 9.17) is 4.42 Å². The Morgan fingerprint density at radius 2 is 2.32 bits per heavy atom. The fraction of sp³-hybridized carbons (Fsp3) is 0.733. The summed E-state index contributed by atoms with van der Waals surface area (Å²) in [5.74, 6) is 2.31. The predicted molar refractivity (Wildman–Crippen MR) is 82.5 cm³/mol. The molecule has 1 aromatic rings. The number of hydrogen-bond acceptors (Lipinski definition) is 4. The van der Waals surface area contributed by atoms with E-state index in [1.807, 2.05) is 6.26 Å². The van der Waals surface area contributed by atoms with Gasteiger partial charge in [-0.05, 0) is 32.9 Å². The number of nitrogens with one attached hydrogen (secondary N) is 1. The minimum Gasteiger partial charge on any atom is -0.468 e. The lowest BCUT2D eigenvalue weighted by molar-refractivity contribution is 0.233. The van der Waals surface area contributed by atoms with Gasteiger partial charge in [-0.2, -0.15) is 11.8 Å². The van der Waals surface area contributed by atoms with Crippen LogP contribution in [-0.2, 0) is 13.1 Å². The van der Waals surface area contributed by atoms with Gasteiger partial charge >= 0.3 is 0 Å². The summed E-state index contributed by atoms with van der Waals surface area (Å²) in [7, 11) is 0. The van der Waals surface area contributed by atoms with Gasteiger partial charge in [0.2, 0.25) is 0 Å². The molecule has 0 amide bonds. The Hall–Kier alpha value is -0.450. The third-order valence-electron chi connectivity index (χ3n) is 3.35. The van der Waals surface area contributed by atoms with Crippen LogP contribution < -0.4 is 5.32 Å². The fourth-order valence-electron chi connectivity index (χ4n) is 2.48. The van der Waals surface area contributed by atoms with Gasteiger partial charge in [0.25, 0.3) is 0 Å². The molecule has 1 aliphatic rings. The summed E-state index contributed by atoms with van der Waals surface area (Å²) >= 11 is 2.07. The zero-order valence-electron chi connectivity index (χ0n) is 12.4. The smallest absolute Gasteiger partial charge is 0.118 e. The summed E-state index contributed by atoms with van der Waals surface area (Å²) in [6.07, 6.45) is 3.06. The summed E-state index contributed by atoms with van der Waals surface area (Å²) in [5.41, 5.74) is 1.26. The molecule has 0 spiro atoms. The SMILES string of the molecule is CCCNCc1coc(CN2CCSC(C)(C)C2)c1. The lowest BCUT2D eigenvalue weighted by atomic mass is 10.2. The van der Waals surface area contributed by atoms with Crippen LogP contribution in [0.4, 0.5) is 0 Å². The van der Waals surface area contributed by atoms with Gasteiger partial charge in [0.1, 0.15) is 5.76 Å². The third-order valence-corrected chi connectivity index (χ3v) is 4.65. The van der Waals surface area contributed by atoms with E-state index in [0.29, 0.717) is 4.75 Å². The maximum Gasteiger partial charge on any atom is 0.118 e. The van der Waals surface area contributed by atoms with Crippen molar-refractivity contribution in [1.29, 1.82) is 0 Å². The second kappa shape index (κ2) is 6.82. The van der Waals surface area contributed by atoms with E-state index in [0.717, 1.165) is 38.5 Å². The molecule has 19 heavy (non-hydrogen) atoms. The van der Waals surface area contributed by atoms with Crippen molar-refractivity contribution in [3.63, 3.8) is 0 Å². The molecule has 4 heteroatoms. The van der Waals surface area contributed by atoms with E-state index in [-0.39, 0.29) is 0 Å². The monoisotopic (exact) mass is 282 g/mol. The lowest BCUT2D eigenvalue weighted by Gasteiger charge is -2.37. The van der Waals surface area contributed by atoms with Crippen LogP contribution in [0.3, 0.4) is 0 Å². The molecule has 0 atom stereocenters. The molecule has 0 aliphatic carbocycles. The van der Waals surface area contributed by atoms with Gasteiger partial charge in [-0.1, -0.05) is 6.92 Å². The molecule has 1 saturated heterocycles. The van der Waals surface area contributed by atoms with Crippen LogP contribution in [0.2, 0.25) is 0 Å². The Balaban J connectivity index is 1.82. The van der Waals surface area contributed by atoms with Gasteiger partial charge in [0.15, 0.2) is 0 Å². The van der Waals surface area contributed by atoms with Crippen LogP contribution in [0.5, 0.6) is 0 Å². The quantitative estimate of drug-likeness (QED) is 0.812. The van der Waals surface area contributed by atoms with Crippen molar-refractivity contribution in [1.82, 2.24) is 10.2 Å². The summed E-state index contributed by atoms with van der Waals surface area (Å²) < 4.78 is 6.05. The Labute approximate surface area is 121 Å². The highest BCUT2D eigenvalue weighted by Crippen LogP contribution is 2.30. The number of furan rings is 1. The highest BCUT2D eigenvalue weighted by atomic mass is 32.2. The predicted octanol–water partition coefficient (Wildman–Crippen LogP) is 3.11. The van der Waals surface area contributed by atoms with E-state index >= 15 is 0 Å². The molecule has 2 rings (SSSR count). The Morgan fingerprint density at radius 1 is 1.47 bits per heavy atom. The molecule has 1 aromatic heterocycles. The van der Waals surface area contributed by atoms with Crippen molar-refractivity contribution in [2.24, 2.45) is 0 Å². The molecule has 1 aliphatic heterocycles. The minimum absolute atomic E-state index is 0.371. The molecular weight excluding hydrogens is 256 g/mol. The van der Waals surface area contributed by atoms with E-state index in [2.05, 4.69) is 48.8 Å². The second-order valence-corrected chi connectivity index (χ2v) is 7.72. The molecule has 2 heterocycles. The molecule has 0 saturated carbocycles. The second-order valence-electron chi connectivity index (χ2n) is 5.92. The highest BCUT2D eigenvalue weighted by Gasteiger charge is 2.27. The van der Waals surface area contributed by atoms with Gasteiger partial charge in [0.05, 0.1) is 12.8 Å². The van der Waals surface area contributed by atoms with Crippen molar-refractivity contribution in [3.05, 3.63) is 23.7 Å². The Kier molecular flexibility index (Phi) is 5.37. The fourth-order valence-corrected chi connectivity index (χ4v) is 3.66. The Morgan fingerprint density at radius 3 is 3.05 bits per heavy atom. The summed E-state index contributed by atoms with van der Waals surface area (Å²) in [5, 5.41) is 3.40. The van der Waals surface area contributed by atoms with Crippen molar-refractivity contribution in [3.8, 4) is 0 Å². The number of nitrogens with zero attached hydrogens (tertiary/aromatic N) is 1. The molecule has 3 nitrogen and oxygen atoms in total. The maximum atomic E-state index is 5.68. The zero-order valence-corrected chi connectivity index (χ0v) is 13.2. The van der Waals surface area contributed by atoms with Gasteiger partial charge < -0.3 is 9.73 Å². The van der Waals surface area contributed by atoms with Crippen LogP contribution >= 0.6 is 11.8 Å². The first-order valence-corrected chi connectivity index (χ1v) is 8.21. The first-order chi connectivity index (χ1) is 9.09. The Bertz CT molecular complexity index is 389. The van der Waals surface area contributed by atoms with Gasteiger partial charge in [-0.3, -0.25) is 4.90 Å². The van der Waals surface area contributed by atoms with Crippen molar-refractivity contribution in [2.75, 3.05) is 25.4 Å². The summed E-state index contributed by atoms with van der Waals surface area (Å²) in [6, 6.07) is 2.19. The molecule has 0 radical (unpaired) electrons. The molecular formula is C15H26N2OS. The van der Waals surface area contributed by atoms with Crippen LogP contribution in [0.25, 0.3) is 0 Å². The largest absolute Gasteiger partial charge is 0.468 e. The van der Waals surface area contributed by atoms with Gasteiger partial charge in [0, 0.05) is 35.7 Å². The first-order valence-electron chi connectivity index (χ1n) is 7.22. The van der Waals surface area contributed by atoms with Crippen molar-refractivity contribution < 1.29 is 4.42 Å². The van der Waals surface area contributed by atoms with Crippen molar-refractivity contribution in [2.45, 2.75) is 45.0 Å². The first kappa shape index (κ1) is 14.9. The summed E-state index contributed by atoms with van der Waals surface area (Å²) in [4.78, 5) is 2.50. The van der Waals surface area contributed by atoms with Gasteiger partial charge in [-0.15, -0.1) is 0 Å². The minimum atomic E-state index is 0.371. The normalized spacial score (nSPS) is 19.7. The van der Waals surface area contributed by atoms with E-state index < -0.39 is 0 Å². The topological polar surface area (TPSA) is 28.4 Å². The molecule has 0 aromatic carbocycles. The average molecular weight is 282 g/mol. The third kappa shape index (κ3) is 4.86. The van der Waals surface area contributed by atoms with Crippen LogP contribution in [0.1, 0.15) is 38.5 Å². The number of thioether (sulfide) groups is 1. The molecule has 1 N–H and O–H groups in total. The van der Waals surface area contributed by atoms with Gasteiger partial charge in [-0.25, -0.2) is 0 Å². The maximum absolute atomic E-state index is 5.68. The lowest BCUT2D eigenvalue weighted by Crippen LogP contribution is -2.42. The molecule has 1 fully saturated rings. The standard InChI is InChI=1S/C15H26N2OS/c1-4-5-16-9-13-8-14(18-11-13)10-17-6-7-19-15(2,3)12-17/h8,11,16H,4-7,9-10,12H2,1-3H3. The zero-order chi connectivity index (χ0) is 13.7. The van der Waals surface area contributed by atoms with Crippen LogP contribution in [-0.4, -0.2) is 35.0 Å². The summed E-state index contributed by atoms with van der Waals surface area (Å²) in [6.45, 7) is 12.1. The molecule has 0 unspecified atom stereocenters. The van der Waals surface area contributed by atoms with Crippen LogP contribution in [0, 0.1) is 0 Å². The van der Waals surface area contributed by atoms with E-state index in [1.54, 1.807) is 0 Å². The average Bonchev–Trinajstić information content (AvgIpc) is 2.76. The van der Waals surface area contributed by atoms with E-state index in [9.17, 15) is 0 Å². The molecule has 108 valence electrons. The number of hydrogen-bond donors (Lipinski definition) is 1.